The molecule has 0 amide bonds. The van der Waals surface area contributed by atoms with Crippen molar-refractivity contribution in [2.45, 2.75) is 17.6 Å². The molecule has 0 aliphatic heterocycles. The number of hydrogen-bond acceptors (Lipinski definition) is 3. The van der Waals surface area contributed by atoms with E-state index in [1.807, 2.05) is 13.0 Å². The first-order valence-electron chi connectivity index (χ1n) is 5.26. The lowest BCUT2D eigenvalue weighted by molar-refractivity contribution is 0.0695. The normalized spacial score (nSPS) is 10.6. The number of carbonyl (C=O) groups is 1. The van der Waals surface area contributed by atoms with Crippen LogP contribution >= 0.6 is 11.8 Å². The van der Waals surface area contributed by atoms with Crippen LogP contribution in [0.25, 0.3) is 0 Å². The molecule has 2 aromatic rings. The third-order valence-corrected chi connectivity index (χ3v) is 3.69. The van der Waals surface area contributed by atoms with Gasteiger partial charge in [0.25, 0.3) is 0 Å². The van der Waals surface area contributed by atoms with E-state index in [1.54, 1.807) is 6.26 Å². The van der Waals surface area contributed by atoms with Crippen LogP contribution in [0.3, 0.4) is 0 Å². The summed E-state index contributed by atoms with van der Waals surface area (Å²) in [5.74, 6) is -0.406. The average Bonchev–Trinajstić information content (AvgIpc) is 2.73. The van der Waals surface area contributed by atoms with E-state index in [2.05, 4.69) is 0 Å². The number of furan rings is 1. The highest BCUT2D eigenvalue weighted by atomic mass is 32.2. The van der Waals surface area contributed by atoms with Crippen molar-refractivity contribution in [3.63, 3.8) is 0 Å². The highest BCUT2D eigenvalue weighted by Gasteiger charge is 2.12. The van der Waals surface area contributed by atoms with Crippen molar-refractivity contribution >= 4 is 17.7 Å². The summed E-state index contributed by atoms with van der Waals surface area (Å²) in [5.41, 5.74) is 0.596. The maximum atomic E-state index is 13.0. The fourth-order valence-electron chi connectivity index (χ4n) is 1.55. The minimum atomic E-state index is -1.12. The van der Waals surface area contributed by atoms with Gasteiger partial charge in [-0.3, -0.25) is 0 Å². The Hall–Kier alpha value is -1.75. The molecule has 0 radical (unpaired) electrons. The molecule has 0 saturated carbocycles. The van der Waals surface area contributed by atoms with E-state index < -0.39 is 11.8 Å². The molecule has 5 heteroatoms. The minimum absolute atomic E-state index is 0.00338. The second-order valence-electron chi connectivity index (χ2n) is 3.74. The fourth-order valence-corrected chi connectivity index (χ4v) is 2.52. The van der Waals surface area contributed by atoms with Crippen LogP contribution in [0.4, 0.5) is 4.39 Å². The number of aromatic carboxylic acids is 1. The first-order chi connectivity index (χ1) is 8.58. The van der Waals surface area contributed by atoms with Crippen LogP contribution in [0.5, 0.6) is 0 Å². The van der Waals surface area contributed by atoms with Crippen LogP contribution in [0.2, 0.25) is 0 Å². The quantitative estimate of drug-likeness (QED) is 0.857. The number of hydrogen-bond donors (Lipinski definition) is 1. The van der Waals surface area contributed by atoms with Crippen molar-refractivity contribution in [3.05, 3.63) is 53.2 Å². The first kappa shape index (κ1) is 12.7. The van der Waals surface area contributed by atoms with Crippen molar-refractivity contribution in [2.24, 2.45) is 0 Å². The predicted molar refractivity (Wildman–Crippen MR) is 66.4 cm³/mol. The molecule has 0 aliphatic rings. The third-order valence-electron chi connectivity index (χ3n) is 2.50. The topological polar surface area (TPSA) is 50.4 Å². The van der Waals surface area contributed by atoms with Gasteiger partial charge in [0.15, 0.2) is 0 Å². The lowest BCUT2D eigenvalue weighted by Gasteiger charge is -2.05. The van der Waals surface area contributed by atoms with Crippen molar-refractivity contribution < 1.29 is 18.7 Å². The van der Waals surface area contributed by atoms with Gasteiger partial charge in [-0.25, -0.2) is 9.18 Å². The summed E-state index contributed by atoms with van der Waals surface area (Å²) in [6, 6.07) is 5.64. The molecule has 0 bridgehead atoms. The molecule has 18 heavy (non-hydrogen) atoms. The third kappa shape index (κ3) is 2.73. The van der Waals surface area contributed by atoms with Gasteiger partial charge >= 0.3 is 5.97 Å². The molecule has 1 N–H and O–H groups in total. The molecule has 1 aromatic carbocycles. The van der Waals surface area contributed by atoms with Gasteiger partial charge in [-0.05, 0) is 30.7 Å². The van der Waals surface area contributed by atoms with Gasteiger partial charge in [0, 0.05) is 10.6 Å². The Bertz CT molecular complexity index is 577. The number of thioether (sulfide) groups is 1. The second kappa shape index (κ2) is 5.27. The maximum Gasteiger partial charge on any atom is 0.336 e. The van der Waals surface area contributed by atoms with Crippen LogP contribution in [0.15, 0.2) is 39.8 Å². The summed E-state index contributed by atoms with van der Waals surface area (Å²) in [4.78, 5) is 12.0. The summed E-state index contributed by atoms with van der Waals surface area (Å²) >= 11 is 1.46. The van der Waals surface area contributed by atoms with E-state index >= 15 is 0 Å². The number of benzene rings is 1. The van der Waals surface area contributed by atoms with Crippen molar-refractivity contribution in [1.82, 2.24) is 0 Å². The monoisotopic (exact) mass is 266 g/mol. The zero-order chi connectivity index (χ0) is 13.1. The lowest BCUT2D eigenvalue weighted by atomic mass is 10.1. The molecule has 3 nitrogen and oxygen atoms in total. The summed E-state index contributed by atoms with van der Waals surface area (Å²) < 4.78 is 18.2. The number of halogens is 1. The Morgan fingerprint density at radius 3 is 2.83 bits per heavy atom. The fraction of sp³-hybridized carbons (Fsp3) is 0.154. The van der Waals surface area contributed by atoms with E-state index in [0.29, 0.717) is 11.3 Å². The number of aryl methyl sites for hydroxylation is 1. The summed E-state index contributed by atoms with van der Waals surface area (Å²) in [7, 11) is 0. The van der Waals surface area contributed by atoms with E-state index in [9.17, 15) is 9.18 Å². The Morgan fingerprint density at radius 2 is 2.22 bits per heavy atom. The molecule has 1 aromatic heterocycles. The maximum absolute atomic E-state index is 13.0. The van der Waals surface area contributed by atoms with Crippen LogP contribution in [-0.4, -0.2) is 11.1 Å². The molecule has 0 saturated heterocycles. The second-order valence-corrected chi connectivity index (χ2v) is 4.75. The highest BCUT2D eigenvalue weighted by molar-refractivity contribution is 7.98. The van der Waals surface area contributed by atoms with Gasteiger partial charge in [-0.15, -0.1) is 11.8 Å². The van der Waals surface area contributed by atoms with Gasteiger partial charge in [0.05, 0.1) is 11.8 Å². The smallest absolute Gasteiger partial charge is 0.336 e. The van der Waals surface area contributed by atoms with E-state index in [4.69, 9.17) is 9.52 Å². The van der Waals surface area contributed by atoms with Crippen molar-refractivity contribution in [1.29, 1.82) is 0 Å². The highest BCUT2D eigenvalue weighted by Crippen LogP contribution is 2.28. The van der Waals surface area contributed by atoms with Crippen LogP contribution < -0.4 is 0 Å². The van der Waals surface area contributed by atoms with E-state index in [-0.39, 0.29) is 5.56 Å². The van der Waals surface area contributed by atoms with Gasteiger partial charge in [0.1, 0.15) is 11.6 Å². The molecule has 94 valence electrons. The van der Waals surface area contributed by atoms with Crippen molar-refractivity contribution in [2.75, 3.05) is 0 Å². The number of carboxylic acid groups (broad SMARTS) is 1. The van der Waals surface area contributed by atoms with Crippen LogP contribution in [0.1, 0.15) is 21.7 Å². The molecule has 0 fully saturated rings. The Labute approximate surface area is 108 Å². The van der Waals surface area contributed by atoms with Crippen molar-refractivity contribution in [3.8, 4) is 0 Å². The summed E-state index contributed by atoms with van der Waals surface area (Å²) in [6.45, 7) is 1.84. The van der Waals surface area contributed by atoms with Gasteiger partial charge in [-0.2, -0.15) is 0 Å². The number of carboxylic acids is 1. The van der Waals surface area contributed by atoms with E-state index in [1.165, 1.54) is 23.9 Å². The SMILES string of the molecule is Cc1occc1SCc1ccc(F)cc1C(=O)O. The van der Waals surface area contributed by atoms with Crippen LogP contribution in [-0.2, 0) is 5.75 Å². The summed E-state index contributed by atoms with van der Waals surface area (Å²) in [5, 5.41) is 9.01. The molecule has 0 unspecified atom stereocenters. The first-order valence-corrected chi connectivity index (χ1v) is 6.25. The zero-order valence-corrected chi connectivity index (χ0v) is 10.5. The van der Waals surface area contributed by atoms with Gasteiger partial charge in [-0.1, -0.05) is 6.07 Å². The standard InChI is InChI=1S/C13H11FO3S/c1-8-12(4-5-17-8)18-7-9-2-3-10(14)6-11(9)13(15)16/h2-6H,7H2,1H3,(H,15,16). The lowest BCUT2D eigenvalue weighted by Crippen LogP contribution is -2.02. The molecule has 0 atom stereocenters. The van der Waals surface area contributed by atoms with Gasteiger partial charge < -0.3 is 9.52 Å². The minimum Gasteiger partial charge on any atom is -0.478 e. The zero-order valence-electron chi connectivity index (χ0n) is 9.64. The van der Waals surface area contributed by atoms with E-state index in [0.717, 1.165) is 16.7 Å². The molecule has 1 heterocycles. The largest absolute Gasteiger partial charge is 0.478 e. The Balaban J connectivity index is 2.19. The predicted octanol–water partition coefficient (Wildman–Crippen LogP) is 3.72. The van der Waals surface area contributed by atoms with Crippen LogP contribution in [0, 0.1) is 12.7 Å². The number of rotatable bonds is 4. The molecular weight excluding hydrogens is 255 g/mol. The Kier molecular flexibility index (Phi) is 3.72. The summed E-state index contributed by atoms with van der Waals surface area (Å²) in [6.07, 6.45) is 1.58. The molecule has 0 spiro atoms. The molecule has 2 rings (SSSR count). The molecular formula is C13H11FO3S. The average molecular weight is 266 g/mol. The Morgan fingerprint density at radius 1 is 1.44 bits per heavy atom. The molecule has 0 aliphatic carbocycles. The van der Waals surface area contributed by atoms with Gasteiger partial charge in [0.2, 0.25) is 0 Å².